The van der Waals surface area contributed by atoms with Gasteiger partial charge >= 0.3 is 5.69 Å². The quantitative estimate of drug-likeness (QED) is 0.370. The molecule has 19 heavy (non-hydrogen) atoms. The topological polar surface area (TPSA) is 76.6 Å². The number of rotatable bonds is 3. The van der Waals surface area contributed by atoms with Crippen molar-refractivity contribution in [2.75, 3.05) is 24.2 Å². The summed E-state index contributed by atoms with van der Waals surface area (Å²) in [6, 6.07) is 1.94. The lowest BCUT2D eigenvalue weighted by atomic mass is 10.4. The van der Waals surface area contributed by atoms with E-state index in [1.807, 2.05) is 12.3 Å². The number of nitro groups is 1. The first kappa shape index (κ1) is 12.2. The van der Waals surface area contributed by atoms with Crippen LogP contribution in [0, 0.1) is 10.1 Å². The predicted molar refractivity (Wildman–Crippen MR) is 72.9 cm³/mol. The summed E-state index contributed by atoms with van der Waals surface area (Å²) in [6.45, 7) is 1.91. The van der Waals surface area contributed by atoms with Crippen molar-refractivity contribution < 1.29 is 4.92 Å². The van der Waals surface area contributed by atoms with Crippen LogP contribution in [0.1, 0.15) is 12.8 Å². The largest absolute Gasteiger partial charge is 0.356 e. The van der Waals surface area contributed by atoms with Crippen LogP contribution in [0.3, 0.4) is 0 Å². The van der Waals surface area contributed by atoms with Crippen molar-refractivity contribution in [3.63, 3.8) is 0 Å². The molecule has 0 N–H and O–H groups in total. The number of thioether (sulfide) groups is 1. The van der Waals surface area contributed by atoms with Gasteiger partial charge in [-0.25, -0.2) is 9.50 Å². The Hall–Kier alpha value is -1.83. The summed E-state index contributed by atoms with van der Waals surface area (Å²) >= 11 is 1.51. The molecule has 0 bridgehead atoms. The van der Waals surface area contributed by atoms with Crippen LogP contribution < -0.4 is 4.90 Å². The molecule has 8 heteroatoms. The Morgan fingerprint density at radius 2 is 2.16 bits per heavy atom. The van der Waals surface area contributed by atoms with Crippen molar-refractivity contribution in [3.8, 4) is 0 Å². The molecule has 7 nitrogen and oxygen atoms in total. The van der Waals surface area contributed by atoms with Crippen LogP contribution in [-0.4, -0.2) is 38.9 Å². The molecule has 0 radical (unpaired) electrons. The van der Waals surface area contributed by atoms with Crippen LogP contribution >= 0.6 is 11.8 Å². The van der Waals surface area contributed by atoms with Crippen LogP contribution in [0.2, 0.25) is 0 Å². The number of hydrogen-bond acceptors (Lipinski definition) is 6. The van der Waals surface area contributed by atoms with Crippen molar-refractivity contribution in [3.05, 3.63) is 22.4 Å². The van der Waals surface area contributed by atoms with E-state index in [9.17, 15) is 10.1 Å². The lowest BCUT2D eigenvalue weighted by molar-refractivity contribution is -0.383. The van der Waals surface area contributed by atoms with Crippen LogP contribution in [0.25, 0.3) is 5.65 Å². The SMILES string of the molecule is CSc1cc(N2CCCC2)nc2c([N+](=O)[O-])cnn12. The fourth-order valence-electron chi connectivity index (χ4n) is 2.29. The molecule has 0 aliphatic carbocycles. The van der Waals surface area contributed by atoms with Crippen molar-refractivity contribution in [2.24, 2.45) is 0 Å². The molecule has 0 unspecified atom stereocenters. The van der Waals surface area contributed by atoms with E-state index in [1.165, 1.54) is 22.5 Å². The van der Waals surface area contributed by atoms with Crippen LogP contribution in [0.15, 0.2) is 17.3 Å². The zero-order valence-corrected chi connectivity index (χ0v) is 11.3. The standard InChI is InChI=1S/C11H13N5O2S/c1-19-10-6-9(14-4-2-3-5-14)13-11-8(16(17)18)7-12-15(10)11/h6-7H,2-5H2,1H3. The molecular weight excluding hydrogens is 266 g/mol. The average molecular weight is 279 g/mol. The second-order valence-electron chi connectivity index (χ2n) is 4.37. The van der Waals surface area contributed by atoms with Gasteiger partial charge in [0.05, 0.1) is 4.92 Å². The van der Waals surface area contributed by atoms with Crippen molar-refractivity contribution in [1.82, 2.24) is 14.6 Å². The Bertz CT molecular complexity index is 635. The summed E-state index contributed by atoms with van der Waals surface area (Å²) in [5.41, 5.74) is 0.273. The first-order valence-electron chi connectivity index (χ1n) is 6.03. The van der Waals surface area contributed by atoms with E-state index >= 15 is 0 Å². The van der Waals surface area contributed by atoms with Crippen LogP contribution in [0.4, 0.5) is 11.5 Å². The summed E-state index contributed by atoms with van der Waals surface area (Å²) < 4.78 is 1.53. The van der Waals surface area contributed by atoms with E-state index in [0.29, 0.717) is 5.65 Å². The van der Waals surface area contributed by atoms with E-state index in [-0.39, 0.29) is 5.69 Å². The molecule has 2 aromatic rings. The Kier molecular flexibility index (Phi) is 3.02. The average Bonchev–Trinajstić information content (AvgIpc) is 3.06. The van der Waals surface area contributed by atoms with Gasteiger partial charge in [0.1, 0.15) is 17.0 Å². The van der Waals surface area contributed by atoms with E-state index in [1.54, 1.807) is 0 Å². The van der Waals surface area contributed by atoms with Gasteiger partial charge in [0.15, 0.2) is 0 Å². The number of fused-ring (bicyclic) bond motifs is 1. The first-order chi connectivity index (χ1) is 9.20. The van der Waals surface area contributed by atoms with Gasteiger partial charge in [-0.1, -0.05) is 0 Å². The molecule has 0 saturated carbocycles. The molecule has 3 rings (SSSR count). The molecule has 3 heterocycles. The summed E-state index contributed by atoms with van der Waals surface area (Å²) in [5, 5.41) is 15.9. The summed E-state index contributed by atoms with van der Waals surface area (Å²) in [7, 11) is 0. The molecule has 1 aliphatic rings. The Balaban J connectivity index is 2.18. The monoisotopic (exact) mass is 279 g/mol. The van der Waals surface area contributed by atoms with Gasteiger partial charge in [-0.05, 0) is 19.1 Å². The Morgan fingerprint density at radius 3 is 2.79 bits per heavy atom. The summed E-state index contributed by atoms with van der Waals surface area (Å²) in [6.07, 6.45) is 5.47. The Labute approximate surface area is 113 Å². The highest BCUT2D eigenvalue weighted by Gasteiger charge is 2.22. The molecule has 1 saturated heterocycles. The molecule has 0 aromatic carbocycles. The maximum atomic E-state index is 11.0. The molecule has 0 amide bonds. The zero-order chi connectivity index (χ0) is 13.4. The number of anilines is 1. The van der Waals surface area contributed by atoms with Crippen LogP contribution in [-0.2, 0) is 0 Å². The number of hydrogen-bond donors (Lipinski definition) is 0. The molecular formula is C11H13N5O2S. The number of aromatic nitrogens is 3. The van der Waals surface area contributed by atoms with Gasteiger partial charge in [-0.2, -0.15) is 5.10 Å². The summed E-state index contributed by atoms with van der Waals surface area (Å²) in [5.74, 6) is 0.804. The minimum Gasteiger partial charge on any atom is -0.356 e. The third-order valence-corrected chi connectivity index (χ3v) is 3.95. The van der Waals surface area contributed by atoms with Gasteiger partial charge in [-0.15, -0.1) is 11.8 Å². The van der Waals surface area contributed by atoms with E-state index in [0.717, 1.165) is 36.8 Å². The van der Waals surface area contributed by atoms with E-state index < -0.39 is 4.92 Å². The highest BCUT2D eigenvalue weighted by molar-refractivity contribution is 7.98. The maximum absolute atomic E-state index is 11.0. The molecule has 100 valence electrons. The molecule has 1 fully saturated rings. The normalized spacial score (nSPS) is 15.3. The predicted octanol–water partition coefficient (Wildman–Crippen LogP) is 1.96. The third kappa shape index (κ3) is 2.01. The molecule has 1 aliphatic heterocycles. The van der Waals surface area contributed by atoms with Crippen molar-refractivity contribution in [1.29, 1.82) is 0 Å². The second kappa shape index (κ2) is 4.69. The van der Waals surface area contributed by atoms with E-state index in [4.69, 9.17) is 0 Å². The molecule has 2 aromatic heterocycles. The smallest absolute Gasteiger partial charge is 0.333 e. The fourth-order valence-corrected chi connectivity index (χ4v) is 2.82. The molecule has 0 atom stereocenters. The van der Waals surface area contributed by atoms with Gasteiger partial charge in [-0.3, -0.25) is 10.1 Å². The summed E-state index contributed by atoms with van der Waals surface area (Å²) in [4.78, 5) is 17.1. The molecule has 0 spiro atoms. The van der Waals surface area contributed by atoms with Crippen molar-refractivity contribution in [2.45, 2.75) is 17.9 Å². The van der Waals surface area contributed by atoms with Crippen molar-refractivity contribution >= 4 is 28.9 Å². The fraction of sp³-hybridized carbons (Fsp3) is 0.455. The van der Waals surface area contributed by atoms with Gasteiger partial charge in [0.25, 0.3) is 0 Å². The zero-order valence-electron chi connectivity index (χ0n) is 10.4. The van der Waals surface area contributed by atoms with Gasteiger partial charge in [0, 0.05) is 19.2 Å². The highest BCUT2D eigenvalue weighted by Crippen LogP contribution is 2.28. The number of nitrogens with zero attached hydrogens (tertiary/aromatic N) is 5. The van der Waals surface area contributed by atoms with Gasteiger partial charge in [0.2, 0.25) is 5.65 Å². The Morgan fingerprint density at radius 1 is 1.42 bits per heavy atom. The highest BCUT2D eigenvalue weighted by atomic mass is 32.2. The minimum absolute atomic E-state index is 0.0450. The van der Waals surface area contributed by atoms with Crippen LogP contribution in [0.5, 0.6) is 0 Å². The minimum atomic E-state index is -0.437. The second-order valence-corrected chi connectivity index (χ2v) is 5.20. The third-order valence-electron chi connectivity index (χ3n) is 3.24. The van der Waals surface area contributed by atoms with Gasteiger partial charge < -0.3 is 4.90 Å². The maximum Gasteiger partial charge on any atom is 0.333 e. The lowest BCUT2D eigenvalue weighted by Gasteiger charge is -2.17. The van der Waals surface area contributed by atoms with E-state index in [2.05, 4.69) is 15.0 Å². The lowest BCUT2D eigenvalue weighted by Crippen LogP contribution is -2.19. The first-order valence-corrected chi connectivity index (χ1v) is 7.25.